The van der Waals surface area contributed by atoms with E-state index >= 15 is 0 Å². The number of ether oxygens (including phenoxy) is 1. The lowest BCUT2D eigenvalue weighted by Crippen LogP contribution is -2.43. The second-order valence-corrected chi connectivity index (χ2v) is 9.92. The van der Waals surface area contributed by atoms with Crippen LogP contribution in [0.15, 0.2) is 71.9 Å². The summed E-state index contributed by atoms with van der Waals surface area (Å²) in [5.74, 6) is -0.00791. The summed E-state index contributed by atoms with van der Waals surface area (Å²) in [5, 5.41) is 14.5. The molecule has 0 aliphatic heterocycles. The van der Waals surface area contributed by atoms with Gasteiger partial charge in [-0.1, -0.05) is 72.4 Å². The first-order chi connectivity index (χ1) is 17.5. The number of nitrogens with one attached hydrogen (secondary N) is 1. The molecule has 7 nitrogen and oxygen atoms in total. The standard InChI is InChI=1S/C27H27BN4O3S/c1-35-25(34)22(15-17-7-3-2-4-8-17)29-24(33)16-36-27-31-30-26(28)32(27)23-14-13-19(18-11-12-18)20-9-5-6-10-21(20)23/h2-10,13-14,18,22H,11-12,15-16,28H2,1H3,(H,29,33). The largest absolute Gasteiger partial charge is 0.467 e. The fourth-order valence-electron chi connectivity index (χ4n) is 4.52. The van der Waals surface area contributed by atoms with Gasteiger partial charge in [0.2, 0.25) is 5.91 Å². The van der Waals surface area contributed by atoms with Crippen LogP contribution in [-0.2, 0) is 20.7 Å². The van der Waals surface area contributed by atoms with Crippen LogP contribution in [0.25, 0.3) is 16.5 Å². The predicted octanol–water partition coefficient (Wildman–Crippen LogP) is 2.55. The monoisotopic (exact) mass is 498 g/mol. The fraction of sp³-hybridized carbons (Fsp3) is 0.259. The number of hydrogen-bond donors (Lipinski definition) is 1. The Bertz CT molecular complexity index is 1400. The summed E-state index contributed by atoms with van der Waals surface area (Å²) in [4.78, 5) is 25.1. The average Bonchev–Trinajstić information content (AvgIpc) is 3.69. The van der Waals surface area contributed by atoms with Crippen molar-refractivity contribution in [3.05, 3.63) is 77.9 Å². The topological polar surface area (TPSA) is 86.1 Å². The zero-order chi connectivity index (χ0) is 25.1. The summed E-state index contributed by atoms with van der Waals surface area (Å²) in [6.07, 6.45) is 2.84. The zero-order valence-corrected chi connectivity index (χ0v) is 21.1. The highest BCUT2D eigenvalue weighted by atomic mass is 32.2. The maximum Gasteiger partial charge on any atom is 0.328 e. The third-order valence-electron chi connectivity index (χ3n) is 6.42. The molecule has 9 heteroatoms. The van der Waals surface area contributed by atoms with Crippen molar-refractivity contribution in [3.63, 3.8) is 0 Å². The van der Waals surface area contributed by atoms with E-state index in [1.165, 1.54) is 42.7 Å². The third-order valence-corrected chi connectivity index (χ3v) is 7.35. The van der Waals surface area contributed by atoms with Crippen molar-refractivity contribution in [2.24, 2.45) is 0 Å². The van der Waals surface area contributed by atoms with E-state index < -0.39 is 12.0 Å². The van der Waals surface area contributed by atoms with Gasteiger partial charge in [-0.3, -0.25) is 9.36 Å². The molecule has 0 bridgehead atoms. The molecule has 0 spiro atoms. The zero-order valence-electron chi connectivity index (χ0n) is 20.3. The summed E-state index contributed by atoms with van der Waals surface area (Å²) in [6.45, 7) is 0. The van der Waals surface area contributed by atoms with Crippen molar-refractivity contribution >= 4 is 48.0 Å². The SMILES string of the molecule is Bc1nnc(SCC(=O)NC(Cc2ccccc2)C(=O)OC)n1-c1ccc(C2CC2)c2ccccc12. The number of esters is 1. The summed E-state index contributed by atoms with van der Waals surface area (Å²) in [6, 6.07) is 21.5. The summed E-state index contributed by atoms with van der Waals surface area (Å²) >= 11 is 1.30. The van der Waals surface area contributed by atoms with E-state index in [1.807, 2.05) is 48.8 Å². The van der Waals surface area contributed by atoms with E-state index in [0.29, 0.717) is 17.5 Å². The molecule has 1 N–H and O–H groups in total. The maximum atomic E-state index is 12.8. The molecule has 0 saturated heterocycles. The predicted molar refractivity (Wildman–Crippen MR) is 144 cm³/mol. The van der Waals surface area contributed by atoms with Gasteiger partial charge in [0.1, 0.15) is 6.04 Å². The van der Waals surface area contributed by atoms with Crippen molar-refractivity contribution in [3.8, 4) is 5.69 Å². The Kier molecular flexibility index (Phi) is 7.09. The number of rotatable bonds is 9. The first kappa shape index (κ1) is 24.1. The van der Waals surface area contributed by atoms with E-state index in [2.05, 4.69) is 45.8 Å². The van der Waals surface area contributed by atoms with E-state index in [4.69, 9.17) is 4.74 Å². The van der Waals surface area contributed by atoms with Gasteiger partial charge in [0, 0.05) is 11.8 Å². The number of nitrogens with zero attached hydrogens (tertiary/aromatic N) is 3. The van der Waals surface area contributed by atoms with Crippen LogP contribution >= 0.6 is 11.8 Å². The van der Waals surface area contributed by atoms with Crippen LogP contribution < -0.4 is 11.0 Å². The molecule has 1 unspecified atom stereocenters. The van der Waals surface area contributed by atoms with Crippen LogP contribution in [0.5, 0.6) is 0 Å². The van der Waals surface area contributed by atoms with E-state index in [9.17, 15) is 9.59 Å². The van der Waals surface area contributed by atoms with Crippen molar-refractivity contribution in [2.45, 2.75) is 36.4 Å². The molecular formula is C27H27BN4O3S. The first-order valence-electron chi connectivity index (χ1n) is 12.0. The number of methoxy groups -OCH3 is 1. The van der Waals surface area contributed by atoms with Gasteiger partial charge in [-0.2, -0.15) is 0 Å². The van der Waals surface area contributed by atoms with Gasteiger partial charge >= 0.3 is 5.97 Å². The number of thioether (sulfide) groups is 1. The van der Waals surface area contributed by atoms with Gasteiger partial charge < -0.3 is 10.1 Å². The molecule has 3 aromatic carbocycles. The molecule has 36 heavy (non-hydrogen) atoms. The van der Waals surface area contributed by atoms with Crippen molar-refractivity contribution in [1.82, 2.24) is 20.1 Å². The van der Waals surface area contributed by atoms with Crippen LogP contribution in [0.3, 0.4) is 0 Å². The van der Waals surface area contributed by atoms with Crippen LogP contribution in [-0.4, -0.2) is 53.4 Å². The molecule has 1 aliphatic rings. The number of hydrogen-bond acceptors (Lipinski definition) is 6. The number of amides is 1. The fourth-order valence-corrected chi connectivity index (χ4v) is 5.32. The smallest absolute Gasteiger partial charge is 0.328 e. The van der Waals surface area contributed by atoms with Gasteiger partial charge in [0.25, 0.3) is 0 Å². The highest BCUT2D eigenvalue weighted by Crippen LogP contribution is 2.44. The molecule has 1 aromatic heterocycles. The van der Waals surface area contributed by atoms with Gasteiger partial charge in [-0.05, 0) is 41.3 Å². The normalized spacial score (nSPS) is 13.9. The average molecular weight is 498 g/mol. The molecule has 4 aromatic rings. The molecule has 1 fully saturated rings. The lowest BCUT2D eigenvalue weighted by molar-refractivity contribution is -0.144. The second kappa shape index (κ2) is 10.6. The van der Waals surface area contributed by atoms with E-state index in [0.717, 1.165) is 22.4 Å². The Hall–Kier alpha value is -3.59. The van der Waals surface area contributed by atoms with Crippen LogP contribution in [0.2, 0.25) is 0 Å². The minimum absolute atomic E-state index is 0.0957. The van der Waals surface area contributed by atoms with Crippen molar-refractivity contribution in [1.29, 1.82) is 0 Å². The summed E-state index contributed by atoms with van der Waals surface area (Å²) < 4.78 is 6.91. The van der Waals surface area contributed by atoms with E-state index in [-0.39, 0.29) is 11.7 Å². The molecule has 1 heterocycles. The molecule has 1 aliphatic carbocycles. The molecule has 0 radical (unpaired) electrons. The Balaban J connectivity index is 1.34. The molecule has 1 saturated carbocycles. The minimum Gasteiger partial charge on any atom is -0.467 e. The lowest BCUT2D eigenvalue weighted by atomic mass is 9.99. The Morgan fingerprint density at radius 2 is 1.78 bits per heavy atom. The number of carbonyl (C=O) groups excluding carboxylic acids is 2. The van der Waals surface area contributed by atoms with Gasteiger partial charge in [0.15, 0.2) is 13.0 Å². The molecular weight excluding hydrogens is 471 g/mol. The molecule has 182 valence electrons. The van der Waals surface area contributed by atoms with Gasteiger partial charge in [-0.15, -0.1) is 10.2 Å². The number of benzene rings is 3. The Labute approximate surface area is 215 Å². The first-order valence-corrected chi connectivity index (χ1v) is 13.0. The van der Waals surface area contributed by atoms with Gasteiger partial charge in [0.05, 0.1) is 24.3 Å². The highest BCUT2D eigenvalue weighted by Gasteiger charge is 2.27. The van der Waals surface area contributed by atoms with Crippen LogP contribution in [0.4, 0.5) is 0 Å². The number of aromatic nitrogens is 3. The van der Waals surface area contributed by atoms with Crippen LogP contribution in [0.1, 0.15) is 29.9 Å². The van der Waals surface area contributed by atoms with Crippen molar-refractivity contribution in [2.75, 3.05) is 12.9 Å². The number of fused-ring (bicyclic) bond motifs is 1. The Morgan fingerprint density at radius 1 is 1.06 bits per heavy atom. The summed E-state index contributed by atoms with van der Waals surface area (Å²) in [5.41, 5.74) is 4.08. The lowest BCUT2D eigenvalue weighted by Gasteiger charge is -2.17. The number of carbonyl (C=O) groups is 2. The van der Waals surface area contributed by atoms with Gasteiger partial charge in [-0.25, -0.2) is 4.79 Å². The van der Waals surface area contributed by atoms with Crippen molar-refractivity contribution < 1.29 is 14.3 Å². The Morgan fingerprint density at radius 3 is 2.50 bits per heavy atom. The van der Waals surface area contributed by atoms with Crippen LogP contribution in [0, 0.1) is 0 Å². The third kappa shape index (κ3) is 5.16. The minimum atomic E-state index is -0.760. The molecule has 5 rings (SSSR count). The molecule has 1 atom stereocenters. The van der Waals surface area contributed by atoms with E-state index in [1.54, 1.807) is 0 Å². The second-order valence-electron chi connectivity index (χ2n) is 8.98. The maximum absolute atomic E-state index is 12.8. The summed E-state index contributed by atoms with van der Waals surface area (Å²) in [7, 11) is 3.24. The quantitative estimate of drug-likeness (QED) is 0.217. The molecule has 1 amide bonds. The highest BCUT2D eigenvalue weighted by molar-refractivity contribution is 7.99.